The van der Waals surface area contributed by atoms with Crippen molar-refractivity contribution in [2.75, 3.05) is 0 Å². The van der Waals surface area contributed by atoms with E-state index >= 15 is 0 Å². The van der Waals surface area contributed by atoms with Gasteiger partial charge in [0.15, 0.2) is 0 Å². The molecule has 1 aliphatic carbocycles. The molecule has 2 aromatic heterocycles. The van der Waals surface area contributed by atoms with Crippen LogP contribution in [0, 0.1) is 18.3 Å². The summed E-state index contributed by atoms with van der Waals surface area (Å²) < 4.78 is 0. The van der Waals surface area contributed by atoms with Crippen LogP contribution in [0.15, 0.2) is 17.6 Å². The maximum absolute atomic E-state index is 12.3. The van der Waals surface area contributed by atoms with Gasteiger partial charge in [-0.15, -0.1) is 22.7 Å². The van der Waals surface area contributed by atoms with E-state index in [1.807, 2.05) is 18.4 Å². The summed E-state index contributed by atoms with van der Waals surface area (Å²) >= 11 is 2.98. The van der Waals surface area contributed by atoms with E-state index in [0.717, 1.165) is 18.5 Å². The summed E-state index contributed by atoms with van der Waals surface area (Å²) in [5, 5.41) is 11.7. The van der Waals surface area contributed by atoms with E-state index in [1.54, 1.807) is 11.3 Å². The van der Waals surface area contributed by atoms with Crippen LogP contribution >= 0.6 is 22.7 Å². The summed E-state index contributed by atoms with van der Waals surface area (Å²) in [7, 11) is 0. The van der Waals surface area contributed by atoms with Crippen LogP contribution in [-0.2, 0) is 12.8 Å². The van der Waals surface area contributed by atoms with Gasteiger partial charge in [0.25, 0.3) is 5.91 Å². The Balaban J connectivity index is 1.63. The van der Waals surface area contributed by atoms with Crippen LogP contribution in [0.1, 0.15) is 50.1 Å². The van der Waals surface area contributed by atoms with Gasteiger partial charge in [0.05, 0.1) is 4.88 Å². The predicted molar refractivity (Wildman–Crippen MR) is 96.6 cm³/mol. The van der Waals surface area contributed by atoms with Gasteiger partial charge in [-0.1, -0.05) is 6.42 Å². The number of nitrogens with zero attached hydrogens (tertiary/aromatic N) is 2. The number of hydrogen-bond donors (Lipinski definition) is 2. The van der Waals surface area contributed by atoms with E-state index in [4.69, 9.17) is 0 Å². The summed E-state index contributed by atoms with van der Waals surface area (Å²) in [5.41, 5.74) is 7.95. The third-order valence-electron chi connectivity index (χ3n) is 3.84. The fourth-order valence-electron chi connectivity index (χ4n) is 2.63. The van der Waals surface area contributed by atoms with Gasteiger partial charge < -0.3 is 5.43 Å². The van der Waals surface area contributed by atoms with Gasteiger partial charge in [-0.3, -0.25) is 10.2 Å². The highest BCUT2D eigenvalue weighted by molar-refractivity contribution is 7.14. The lowest BCUT2D eigenvalue weighted by Crippen LogP contribution is -2.33. The number of aryl methyl sites for hydroxylation is 3. The number of thiophene rings is 1. The van der Waals surface area contributed by atoms with E-state index < -0.39 is 0 Å². The molecule has 0 radical (unpaired) electrons. The van der Waals surface area contributed by atoms with Gasteiger partial charge in [0.2, 0.25) is 0 Å². The van der Waals surface area contributed by atoms with E-state index in [9.17, 15) is 10.1 Å². The Bertz CT molecular complexity index is 789. The molecule has 3 rings (SSSR count). The molecule has 1 amide bonds. The monoisotopic (exact) mass is 358 g/mol. The number of thiazole rings is 1. The lowest BCUT2D eigenvalue weighted by atomic mass is 10.1. The molecule has 0 bridgehead atoms. The Morgan fingerprint density at radius 2 is 2.21 bits per heavy atom. The van der Waals surface area contributed by atoms with E-state index in [1.165, 1.54) is 47.2 Å². The number of hydrogen-bond acceptors (Lipinski definition) is 6. The number of amides is 1. The first-order chi connectivity index (χ1) is 11.7. The molecule has 0 saturated carbocycles. The molecule has 0 atom stereocenters. The average molecular weight is 358 g/mol. The Hall–Kier alpha value is -2.17. The molecule has 0 aliphatic heterocycles. The van der Waals surface area contributed by atoms with Crippen LogP contribution in [0.2, 0.25) is 0 Å². The van der Waals surface area contributed by atoms with Crippen molar-refractivity contribution in [3.05, 3.63) is 43.7 Å². The number of nitriles is 1. The second-order valence-corrected chi connectivity index (χ2v) is 7.68. The zero-order valence-electron chi connectivity index (χ0n) is 13.4. The van der Waals surface area contributed by atoms with E-state index in [-0.39, 0.29) is 5.91 Å². The topological polar surface area (TPSA) is 77.8 Å². The molecule has 0 spiro atoms. The van der Waals surface area contributed by atoms with Crippen LogP contribution in [-0.4, -0.2) is 10.9 Å². The van der Waals surface area contributed by atoms with Crippen molar-refractivity contribution < 1.29 is 4.79 Å². The van der Waals surface area contributed by atoms with E-state index in [0.29, 0.717) is 15.5 Å². The molecule has 124 valence electrons. The van der Waals surface area contributed by atoms with Gasteiger partial charge in [-0.05, 0) is 44.2 Å². The minimum absolute atomic E-state index is 0.170. The van der Waals surface area contributed by atoms with Crippen LogP contribution in [0.5, 0.6) is 0 Å². The van der Waals surface area contributed by atoms with Crippen LogP contribution in [0.25, 0.3) is 5.57 Å². The number of hydrazine groups is 1. The molecule has 2 N–H and O–H groups in total. The van der Waals surface area contributed by atoms with E-state index in [2.05, 4.69) is 21.9 Å². The van der Waals surface area contributed by atoms with Crippen molar-refractivity contribution in [2.45, 2.75) is 39.0 Å². The van der Waals surface area contributed by atoms with Gasteiger partial charge >= 0.3 is 0 Å². The molecule has 0 unspecified atom stereocenters. The number of aromatic nitrogens is 1. The fraction of sp³-hybridized carbons (Fsp3) is 0.353. The second-order valence-electron chi connectivity index (χ2n) is 5.68. The molecule has 5 nitrogen and oxygen atoms in total. The van der Waals surface area contributed by atoms with Gasteiger partial charge in [0, 0.05) is 22.2 Å². The third kappa shape index (κ3) is 3.83. The highest BCUT2D eigenvalue weighted by atomic mass is 32.1. The van der Waals surface area contributed by atoms with Crippen LogP contribution < -0.4 is 10.9 Å². The summed E-state index contributed by atoms with van der Waals surface area (Å²) in [6.07, 6.45) is 7.28. The first kappa shape index (κ1) is 16.7. The van der Waals surface area contributed by atoms with Crippen LogP contribution in [0.3, 0.4) is 0 Å². The zero-order valence-corrected chi connectivity index (χ0v) is 15.0. The fourth-order valence-corrected chi connectivity index (χ4v) is 4.55. The zero-order chi connectivity index (χ0) is 16.9. The van der Waals surface area contributed by atoms with Gasteiger partial charge in [0.1, 0.15) is 16.6 Å². The van der Waals surface area contributed by atoms with Crippen molar-refractivity contribution in [1.82, 2.24) is 15.8 Å². The van der Waals surface area contributed by atoms with Crippen molar-refractivity contribution >= 4 is 34.2 Å². The molecule has 7 heteroatoms. The molecule has 24 heavy (non-hydrogen) atoms. The Kier molecular flexibility index (Phi) is 5.28. The number of nitrogens with one attached hydrogen (secondary N) is 2. The normalized spacial score (nSPS) is 14.4. The van der Waals surface area contributed by atoms with Gasteiger partial charge in [-0.2, -0.15) is 5.26 Å². The quantitative estimate of drug-likeness (QED) is 0.497. The minimum Gasteiger partial charge on any atom is -0.304 e. The summed E-state index contributed by atoms with van der Waals surface area (Å²) in [6.45, 7) is 1.88. The number of allylic oxidation sites excluding steroid dienone is 1. The molecule has 2 heterocycles. The summed E-state index contributed by atoms with van der Waals surface area (Å²) in [4.78, 5) is 18.6. The highest BCUT2D eigenvalue weighted by Gasteiger charge is 2.16. The van der Waals surface area contributed by atoms with Crippen LogP contribution in [0.4, 0.5) is 0 Å². The molecule has 0 fully saturated rings. The van der Waals surface area contributed by atoms with Crippen molar-refractivity contribution in [2.24, 2.45) is 0 Å². The lowest BCUT2D eigenvalue weighted by molar-refractivity contribution is 0.0945. The molecular formula is C17H18N4OS2. The molecule has 1 aliphatic rings. The minimum atomic E-state index is -0.170. The van der Waals surface area contributed by atoms with Gasteiger partial charge in [-0.25, -0.2) is 4.98 Å². The Morgan fingerprint density at radius 1 is 1.38 bits per heavy atom. The molecular weight excluding hydrogens is 340 g/mol. The molecule has 2 aromatic rings. The number of carbonyl (C=O) groups excluding carboxylic acids is 1. The highest BCUT2D eigenvalue weighted by Crippen LogP contribution is 2.28. The number of rotatable bonds is 4. The summed E-state index contributed by atoms with van der Waals surface area (Å²) in [6, 6.07) is 4.09. The lowest BCUT2D eigenvalue weighted by Gasteiger charge is -2.03. The largest absolute Gasteiger partial charge is 0.304 e. The third-order valence-corrected chi connectivity index (χ3v) is 6.07. The Morgan fingerprint density at radius 3 is 2.96 bits per heavy atom. The number of carbonyl (C=O) groups is 1. The Labute approximate surface area is 149 Å². The van der Waals surface area contributed by atoms with Crippen molar-refractivity contribution in [3.63, 3.8) is 0 Å². The smallest absolute Gasteiger partial charge is 0.279 e. The maximum atomic E-state index is 12.3. The number of fused-ring (bicyclic) bond motifs is 1. The van der Waals surface area contributed by atoms with Crippen molar-refractivity contribution in [1.29, 1.82) is 5.26 Å². The molecule has 0 aromatic carbocycles. The summed E-state index contributed by atoms with van der Waals surface area (Å²) in [5.74, 6) is -0.170. The SMILES string of the molecule is Cc1csc(/C(C#N)=C/NNC(=O)c2cc3c(s2)CCCCC3)n1. The maximum Gasteiger partial charge on any atom is 0.279 e. The average Bonchev–Trinajstić information content (AvgIpc) is 3.12. The first-order valence-electron chi connectivity index (χ1n) is 7.87. The molecule has 0 saturated heterocycles. The van der Waals surface area contributed by atoms with Crippen molar-refractivity contribution in [3.8, 4) is 6.07 Å². The first-order valence-corrected chi connectivity index (χ1v) is 9.57. The standard InChI is InChI=1S/C17H18N4OS2/c1-11-10-23-17(20-11)13(8-18)9-19-21-16(22)15-7-12-5-3-2-4-6-14(12)24-15/h7,9-10,19H,2-6H2,1H3,(H,21,22)/b13-9+. The second kappa shape index (κ2) is 7.60. The predicted octanol–water partition coefficient (Wildman–Crippen LogP) is 3.58.